The van der Waals surface area contributed by atoms with Crippen molar-refractivity contribution in [3.63, 3.8) is 0 Å². The van der Waals surface area contributed by atoms with Crippen molar-refractivity contribution in [2.24, 2.45) is 5.41 Å². The molecule has 3 rings (SSSR count). The maximum Gasteiger partial charge on any atom is 0.253 e. The molecular weight excluding hydrogens is 236 g/mol. The van der Waals surface area contributed by atoms with Crippen LogP contribution in [0.5, 0.6) is 0 Å². The zero-order valence-electron chi connectivity index (χ0n) is 11.6. The fourth-order valence-electron chi connectivity index (χ4n) is 3.50. The Morgan fingerprint density at radius 3 is 2.58 bits per heavy atom. The number of hydrogen-bond donors (Lipinski definition) is 0. The lowest BCUT2D eigenvalue weighted by Crippen LogP contribution is -2.34. The molecule has 1 unspecified atom stereocenters. The number of carbonyl (C=O) groups excluding carboxylic acids is 1. The summed E-state index contributed by atoms with van der Waals surface area (Å²) in [6.07, 6.45) is 2.42. The molecule has 0 bridgehead atoms. The summed E-state index contributed by atoms with van der Waals surface area (Å²) in [6, 6.07) is 9.67. The van der Waals surface area contributed by atoms with E-state index in [1.165, 1.54) is 25.9 Å². The molecule has 2 aliphatic rings. The standard InChI is InChI=1S/C16H22N2O/c1-2-17-10-8-16(12-17)9-11-18(13-16)15(19)14-6-4-3-5-7-14/h3-7H,2,8-13H2,1H3. The van der Waals surface area contributed by atoms with Crippen LogP contribution >= 0.6 is 0 Å². The smallest absolute Gasteiger partial charge is 0.253 e. The summed E-state index contributed by atoms with van der Waals surface area (Å²) in [5.74, 6) is 0.201. The van der Waals surface area contributed by atoms with Crippen LogP contribution < -0.4 is 0 Å². The maximum absolute atomic E-state index is 12.5. The van der Waals surface area contributed by atoms with E-state index in [9.17, 15) is 4.79 Å². The predicted molar refractivity (Wildman–Crippen MR) is 76.1 cm³/mol. The Hall–Kier alpha value is -1.35. The van der Waals surface area contributed by atoms with Gasteiger partial charge in [-0.15, -0.1) is 0 Å². The molecule has 0 aliphatic carbocycles. The molecule has 1 aromatic rings. The summed E-state index contributed by atoms with van der Waals surface area (Å²) >= 11 is 0. The average molecular weight is 258 g/mol. The molecule has 0 N–H and O–H groups in total. The summed E-state index contributed by atoms with van der Waals surface area (Å²) in [5, 5.41) is 0. The van der Waals surface area contributed by atoms with Crippen molar-refractivity contribution in [3.05, 3.63) is 35.9 Å². The van der Waals surface area contributed by atoms with Crippen LogP contribution in [0.15, 0.2) is 30.3 Å². The van der Waals surface area contributed by atoms with Gasteiger partial charge in [-0.3, -0.25) is 4.79 Å². The molecular formula is C16H22N2O. The molecule has 2 aliphatic heterocycles. The van der Waals surface area contributed by atoms with Gasteiger partial charge in [0.2, 0.25) is 0 Å². The molecule has 0 aromatic heterocycles. The van der Waals surface area contributed by atoms with Crippen molar-refractivity contribution >= 4 is 5.91 Å². The summed E-state index contributed by atoms with van der Waals surface area (Å²) < 4.78 is 0. The first kappa shape index (κ1) is 12.7. The van der Waals surface area contributed by atoms with Crippen LogP contribution in [-0.4, -0.2) is 48.4 Å². The highest BCUT2D eigenvalue weighted by Crippen LogP contribution is 2.39. The second-order valence-electron chi connectivity index (χ2n) is 5.96. The third-order valence-electron chi connectivity index (χ3n) is 4.71. The van der Waals surface area contributed by atoms with E-state index >= 15 is 0 Å². The van der Waals surface area contributed by atoms with E-state index in [0.29, 0.717) is 5.41 Å². The van der Waals surface area contributed by atoms with E-state index in [1.54, 1.807) is 0 Å². The topological polar surface area (TPSA) is 23.6 Å². The highest BCUT2D eigenvalue weighted by atomic mass is 16.2. The van der Waals surface area contributed by atoms with Gasteiger partial charge in [-0.2, -0.15) is 0 Å². The summed E-state index contributed by atoms with van der Waals surface area (Å²) in [6.45, 7) is 7.59. The van der Waals surface area contributed by atoms with Crippen molar-refractivity contribution in [1.82, 2.24) is 9.80 Å². The first-order valence-electron chi connectivity index (χ1n) is 7.29. The minimum Gasteiger partial charge on any atom is -0.338 e. The Balaban J connectivity index is 1.68. The monoisotopic (exact) mass is 258 g/mol. The van der Waals surface area contributed by atoms with Gasteiger partial charge < -0.3 is 9.80 Å². The fraction of sp³-hybridized carbons (Fsp3) is 0.562. The molecule has 0 radical (unpaired) electrons. The number of amides is 1. The van der Waals surface area contributed by atoms with Crippen molar-refractivity contribution in [2.45, 2.75) is 19.8 Å². The van der Waals surface area contributed by atoms with Gasteiger partial charge in [-0.25, -0.2) is 0 Å². The molecule has 2 fully saturated rings. The Morgan fingerprint density at radius 1 is 1.16 bits per heavy atom. The average Bonchev–Trinajstić information content (AvgIpc) is 3.07. The molecule has 1 spiro atoms. The van der Waals surface area contributed by atoms with E-state index in [-0.39, 0.29) is 5.91 Å². The first-order valence-corrected chi connectivity index (χ1v) is 7.29. The Morgan fingerprint density at radius 2 is 1.89 bits per heavy atom. The molecule has 2 heterocycles. The van der Waals surface area contributed by atoms with Gasteiger partial charge in [0.05, 0.1) is 0 Å². The van der Waals surface area contributed by atoms with Crippen molar-refractivity contribution < 1.29 is 4.79 Å². The SMILES string of the molecule is CCN1CCC2(CCN(C(=O)c3ccccc3)C2)C1. The fourth-order valence-corrected chi connectivity index (χ4v) is 3.50. The number of hydrogen-bond acceptors (Lipinski definition) is 2. The van der Waals surface area contributed by atoms with Crippen LogP contribution in [0.1, 0.15) is 30.1 Å². The maximum atomic E-state index is 12.5. The van der Waals surface area contributed by atoms with E-state index in [4.69, 9.17) is 0 Å². The van der Waals surface area contributed by atoms with Gasteiger partial charge in [0.15, 0.2) is 0 Å². The summed E-state index contributed by atoms with van der Waals surface area (Å²) in [5.41, 5.74) is 1.20. The molecule has 102 valence electrons. The number of benzene rings is 1. The molecule has 1 atom stereocenters. The quantitative estimate of drug-likeness (QED) is 0.812. The van der Waals surface area contributed by atoms with Gasteiger partial charge in [0.1, 0.15) is 0 Å². The van der Waals surface area contributed by atoms with Crippen molar-refractivity contribution in [2.75, 3.05) is 32.7 Å². The summed E-state index contributed by atoms with van der Waals surface area (Å²) in [7, 11) is 0. The Labute approximate surface area is 115 Å². The highest BCUT2D eigenvalue weighted by molar-refractivity contribution is 5.94. The van der Waals surface area contributed by atoms with E-state index in [1.807, 2.05) is 30.3 Å². The second-order valence-corrected chi connectivity index (χ2v) is 5.96. The van der Waals surface area contributed by atoms with Crippen LogP contribution in [0, 0.1) is 5.41 Å². The Bertz CT molecular complexity index is 459. The molecule has 2 saturated heterocycles. The molecule has 19 heavy (non-hydrogen) atoms. The number of rotatable bonds is 2. The summed E-state index contributed by atoms with van der Waals surface area (Å²) in [4.78, 5) is 17.0. The number of carbonyl (C=O) groups is 1. The highest BCUT2D eigenvalue weighted by Gasteiger charge is 2.44. The lowest BCUT2D eigenvalue weighted by Gasteiger charge is -2.24. The zero-order chi connectivity index (χ0) is 13.3. The van der Waals surface area contributed by atoms with Crippen molar-refractivity contribution in [3.8, 4) is 0 Å². The lowest BCUT2D eigenvalue weighted by atomic mass is 9.86. The normalized spacial score (nSPS) is 27.3. The lowest BCUT2D eigenvalue weighted by molar-refractivity contribution is 0.0773. The van der Waals surface area contributed by atoms with Crippen LogP contribution in [-0.2, 0) is 0 Å². The molecule has 3 nitrogen and oxygen atoms in total. The molecule has 1 amide bonds. The Kier molecular flexibility index (Phi) is 3.31. The van der Waals surface area contributed by atoms with Gasteiger partial charge in [-0.05, 0) is 38.1 Å². The van der Waals surface area contributed by atoms with Gasteiger partial charge in [0, 0.05) is 30.6 Å². The predicted octanol–water partition coefficient (Wildman–Crippen LogP) is 2.24. The largest absolute Gasteiger partial charge is 0.338 e. The van der Waals surface area contributed by atoms with E-state index < -0.39 is 0 Å². The molecule has 0 saturated carbocycles. The van der Waals surface area contributed by atoms with Crippen LogP contribution in [0.2, 0.25) is 0 Å². The van der Waals surface area contributed by atoms with Gasteiger partial charge in [-0.1, -0.05) is 25.1 Å². The van der Waals surface area contributed by atoms with E-state index in [0.717, 1.165) is 25.2 Å². The van der Waals surface area contributed by atoms with Crippen LogP contribution in [0.3, 0.4) is 0 Å². The van der Waals surface area contributed by atoms with Crippen LogP contribution in [0.4, 0.5) is 0 Å². The first-order chi connectivity index (χ1) is 9.22. The number of nitrogens with zero attached hydrogens (tertiary/aromatic N) is 2. The van der Waals surface area contributed by atoms with Gasteiger partial charge >= 0.3 is 0 Å². The minimum atomic E-state index is 0.201. The molecule has 1 aromatic carbocycles. The van der Waals surface area contributed by atoms with Crippen LogP contribution in [0.25, 0.3) is 0 Å². The zero-order valence-corrected chi connectivity index (χ0v) is 11.6. The second kappa shape index (κ2) is 4.97. The van der Waals surface area contributed by atoms with E-state index in [2.05, 4.69) is 16.7 Å². The minimum absolute atomic E-state index is 0.201. The number of likely N-dealkylation sites (tertiary alicyclic amines) is 2. The molecule has 3 heteroatoms. The third kappa shape index (κ3) is 2.39. The van der Waals surface area contributed by atoms with Gasteiger partial charge in [0.25, 0.3) is 5.91 Å². The van der Waals surface area contributed by atoms with Crippen molar-refractivity contribution in [1.29, 1.82) is 0 Å². The third-order valence-corrected chi connectivity index (χ3v) is 4.71.